The molecule has 0 amide bonds. The maximum absolute atomic E-state index is 6.46. The fourth-order valence-electron chi connectivity index (χ4n) is 4.62. The van der Waals surface area contributed by atoms with Crippen molar-refractivity contribution in [2.45, 2.75) is 45.4 Å². The zero-order valence-corrected chi connectivity index (χ0v) is 9.56. The van der Waals surface area contributed by atoms with Gasteiger partial charge >= 0.3 is 0 Å². The first-order chi connectivity index (χ1) is 6.05. The molecule has 0 aromatic rings. The summed E-state index contributed by atoms with van der Waals surface area (Å²) in [6.45, 7) is 7.26. The van der Waals surface area contributed by atoms with E-state index in [0.717, 1.165) is 17.8 Å². The summed E-state index contributed by atoms with van der Waals surface area (Å²) < 4.78 is 0. The molecule has 0 unspecified atom stereocenters. The minimum atomic E-state index is 0.522. The van der Waals surface area contributed by atoms with Crippen LogP contribution < -0.4 is 0 Å². The van der Waals surface area contributed by atoms with Gasteiger partial charge in [0.15, 0.2) is 0 Å². The highest BCUT2D eigenvalue weighted by atomic mass is 35.5. The van der Waals surface area contributed by atoms with E-state index in [9.17, 15) is 0 Å². The fourth-order valence-corrected chi connectivity index (χ4v) is 5.35. The summed E-state index contributed by atoms with van der Waals surface area (Å²) >= 11 is 6.46. The maximum atomic E-state index is 6.46. The molecule has 0 radical (unpaired) electrons. The molecule has 0 spiro atoms. The first-order valence-electron chi connectivity index (χ1n) is 5.69. The summed E-state index contributed by atoms with van der Waals surface area (Å²) in [6.07, 6.45) is 4.21. The Morgan fingerprint density at radius 2 is 2.00 bits per heavy atom. The Morgan fingerprint density at radius 3 is 2.46 bits per heavy atom. The molecule has 0 saturated heterocycles. The lowest BCUT2D eigenvalue weighted by Gasteiger charge is -2.60. The molecule has 4 rings (SSSR count). The van der Waals surface area contributed by atoms with Crippen molar-refractivity contribution in [1.82, 2.24) is 0 Å². The van der Waals surface area contributed by atoms with Crippen molar-refractivity contribution in [2.24, 2.45) is 28.6 Å². The van der Waals surface area contributed by atoms with Gasteiger partial charge in [0.1, 0.15) is 0 Å². The summed E-state index contributed by atoms with van der Waals surface area (Å²) in [7, 11) is 0. The van der Waals surface area contributed by atoms with Gasteiger partial charge in [0.05, 0.1) is 0 Å². The Balaban J connectivity index is 1.97. The predicted octanol–water partition coefficient (Wildman–Crippen LogP) is 3.69. The number of alkyl halides is 1. The van der Waals surface area contributed by atoms with Crippen LogP contribution in [0.2, 0.25) is 0 Å². The van der Waals surface area contributed by atoms with Gasteiger partial charge in [0, 0.05) is 5.38 Å². The second-order valence-electron chi connectivity index (χ2n) is 6.02. The zero-order chi connectivity index (χ0) is 9.43. The van der Waals surface area contributed by atoms with Crippen molar-refractivity contribution in [3.63, 3.8) is 0 Å². The van der Waals surface area contributed by atoms with E-state index in [1.165, 1.54) is 19.3 Å². The summed E-state index contributed by atoms with van der Waals surface area (Å²) in [4.78, 5) is 0. The van der Waals surface area contributed by atoms with Crippen LogP contribution in [0.1, 0.15) is 40.0 Å². The van der Waals surface area contributed by atoms with Crippen molar-refractivity contribution in [3.8, 4) is 0 Å². The van der Waals surface area contributed by atoms with Gasteiger partial charge in [-0.15, -0.1) is 11.6 Å². The largest absolute Gasteiger partial charge is 0.122 e. The van der Waals surface area contributed by atoms with Crippen LogP contribution in [0.3, 0.4) is 0 Å². The predicted molar refractivity (Wildman–Crippen MR) is 55.9 cm³/mol. The first-order valence-corrected chi connectivity index (χ1v) is 6.13. The zero-order valence-electron chi connectivity index (χ0n) is 8.81. The topological polar surface area (TPSA) is 0 Å². The second-order valence-corrected chi connectivity index (χ2v) is 6.49. The Hall–Kier alpha value is 0.290. The van der Waals surface area contributed by atoms with Gasteiger partial charge in [-0.05, 0) is 47.8 Å². The lowest BCUT2D eigenvalue weighted by atomic mass is 9.45. The molecule has 4 aliphatic rings. The van der Waals surface area contributed by atoms with Crippen LogP contribution in [0.5, 0.6) is 0 Å². The van der Waals surface area contributed by atoms with Gasteiger partial charge in [-0.3, -0.25) is 0 Å². The van der Waals surface area contributed by atoms with Crippen molar-refractivity contribution in [3.05, 3.63) is 0 Å². The highest BCUT2D eigenvalue weighted by Crippen LogP contribution is 2.80. The van der Waals surface area contributed by atoms with Crippen LogP contribution in [0.4, 0.5) is 0 Å². The van der Waals surface area contributed by atoms with Gasteiger partial charge in [-0.1, -0.05) is 20.8 Å². The van der Waals surface area contributed by atoms with Crippen molar-refractivity contribution >= 4 is 11.6 Å². The normalized spacial score (nSPS) is 60.9. The molecule has 2 bridgehead atoms. The van der Waals surface area contributed by atoms with E-state index in [-0.39, 0.29) is 0 Å². The van der Waals surface area contributed by atoms with Crippen LogP contribution in [-0.2, 0) is 0 Å². The van der Waals surface area contributed by atoms with E-state index in [4.69, 9.17) is 11.6 Å². The van der Waals surface area contributed by atoms with E-state index in [1.54, 1.807) is 0 Å². The molecule has 1 heteroatoms. The number of hydrogen-bond donors (Lipinski definition) is 0. The summed E-state index contributed by atoms with van der Waals surface area (Å²) in [5.41, 5.74) is 1.18. The monoisotopic (exact) mass is 198 g/mol. The Labute approximate surface area is 86.0 Å². The van der Waals surface area contributed by atoms with E-state index in [0.29, 0.717) is 16.2 Å². The summed E-state index contributed by atoms with van der Waals surface area (Å²) in [6, 6.07) is 0. The van der Waals surface area contributed by atoms with Crippen LogP contribution in [0.25, 0.3) is 0 Å². The molecule has 4 saturated carbocycles. The smallest absolute Gasteiger partial charge is 0.0432 e. The minimum absolute atomic E-state index is 0.522. The molecule has 0 aromatic carbocycles. The SMILES string of the molecule is CC[C@@]12[C@@H](Cl)[C@@H]1C[C@@H]1C[C@H]2C1(C)C. The fraction of sp³-hybridized carbons (Fsp3) is 1.00. The molecule has 0 aromatic heterocycles. The summed E-state index contributed by atoms with van der Waals surface area (Å²) in [5.74, 6) is 2.82. The van der Waals surface area contributed by atoms with Crippen molar-refractivity contribution < 1.29 is 0 Å². The number of hydrogen-bond acceptors (Lipinski definition) is 0. The second kappa shape index (κ2) is 2.10. The third-order valence-electron chi connectivity index (χ3n) is 5.72. The lowest BCUT2D eigenvalue weighted by molar-refractivity contribution is -0.113. The Kier molecular flexibility index (Phi) is 1.39. The molecular formula is C12H19Cl. The quantitative estimate of drug-likeness (QED) is 0.564. The van der Waals surface area contributed by atoms with Gasteiger partial charge in [0.2, 0.25) is 0 Å². The molecule has 4 fully saturated rings. The summed E-state index contributed by atoms with van der Waals surface area (Å²) in [5, 5.41) is 0.522. The molecule has 0 N–H and O–H groups in total. The average molecular weight is 199 g/mol. The minimum Gasteiger partial charge on any atom is -0.122 e. The molecule has 0 heterocycles. The van der Waals surface area contributed by atoms with Gasteiger partial charge < -0.3 is 0 Å². The highest BCUT2D eigenvalue weighted by molar-refractivity contribution is 6.23. The van der Waals surface area contributed by atoms with E-state index >= 15 is 0 Å². The standard InChI is InChI=1S/C12H19Cl/c1-4-12-8(10(12)13)5-7-6-9(12)11(7,2)3/h7-10H,4-6H2,1-3H3/t7-,8+,9+,10+,12-/m1/s1. The molecule has 4 aliphatic carbocycles. The molecule has 0 nitrogen and oxygen atoms in total. The number of halogens is 1. The van der Waals surface area contributed by atoms with Crippen LogP contribution in [-0.4, -0.2) is 5.38 Å². The number of rotatable bonds is 1. The van der Waals surface area contributed by atoms with Crippen molar-refractivity contribution in [2.75, 3.05) is 0 Å². The van der Waals surface area contributed by atoms with Crippen LogP contribution in [0.15, 0.2) is 0 Å². The average Bonchev–Trinajstić information content (AvgIpc) is 2.73. The van der Waals surface area contributed by atoms with Crippen LogP contribution >= 0.6 is 11.6 Å². The molecule has 5 atom stereocenters. The van der Waals surface area contributed by atoms with Crippen LogP contribution in [0, 0.1) is 28.6 Å². The Bertz CT molecular complexity index is 258. The Morgan fingerprint density at radius 1 is 1.31 bits per heavy atom. The first kappa shape index (κ1) is 8.59. The van der Waals surface area contributed by atoms with E-state index in [1.807, 2.05) is 0 Å². The van der Waals surface area contributed by atoms with E-state index in [2.05, 4.69) is 20.8 Å². The lowest BCUT2D eigenvalue weighted by Crippen LogP contribution is -2.53. The molecule has 74 valence electrons. The van der Waals surface area contributed by atoms with Crippen molar-refractivity contribution in [1.29, 1.82) is 0 Å². The van der Waals surface area contributed by atoms with Gasteiger partial charge in [0.25, 0.3) is 0 Å². The molecular weight excluding hydrogens is 180 g/mol. The molecule has 13 heavy (non-hydrogen) atoms. The molecule has 0 aliphatic heterocycles. The third kappa shape index (κ3) is 0.694. The van der Waals surface area contributed by atoms with Gasteiger partial charge in [-0.25, -0.2) is 0 Å². The third-order valence-corrected chi connectivity index (χ3v) is 6.43. The maximum Gasteiger partial charge on any atom is 0.0432 e. The van der Waals surface area contributed by atoms with E-state index < -0.39 is 0 Å². The highest BCUT2D eigenvalue weighted by Gasteiger charge is 2.76. The van der Waals surface area contributed by atoms with Gasteiger partial charge in [-0.2, -0.15) is 0 Å².